The highest BCUT2D eigenvalue weighted by molar-refractivity contribution is 9.10. The first-order chi connectivity index (χ1) is 9.78. The predicted octanol–water partition coefficient (Wildman–Crippen LogP) is 3.43. The summed E-state index contributed by atoms with van der Waals surface area (Å²) in [7, 11) is 0. The summed E-state index contributed by atoms with van der Waals surface area (Å²) in [5.74, 6) is 1.51. The molecule has 102 valence electrons. The summed E-state index contributed by atoms with van der Waals surface area (Å²) >= 11 is 3.58. The molecule has 1 N–H and O–H groups in total. The lowest BCUT2D eigenvalue weighted by molar-refractivity contribution is 0.494. The van der Waals surface area contributed by atoms with Crippen LogP contribution in [-0.4, -0.2) is 23.1 Å². The van der Waals surface area contributed by atoms with Crippen molar-refractivity contribution in [3.8, 4) is 6.07 Å². The van der Waals surface area contributed by atoms with Crippen LogP contribution < -0.4 is 4.90 Å². The van der Waals surface area contributed by atoms with E-state index >= 15 is 0 Å². The Hall–Kier alpha value is -1.80. The lowest BCUT2D eigenvalue weighted by Gasteiger charge is -2.34. The Morgan fingerprint density at radius 3 is 3.05 bits per heavy atom. The molecule has 1 fully saturated rings. The van der Waals surface area contributed by atoms with Crippen LogP contribution in [0.4, 0.5) is 5.69 Å². The van der Waals surface area contributed by atoms with Crippen LogP contribution in [0.5, 0.6) is 0 Å². The topological polar surface area (TPSA) is 55.7 Å². The van der Waals surface area contributed by atoms with Gasteiger partial charge in [-0.2, -0.15) is 5.26 Å². The Bertz CT molecular complexity index is 630. The van der Waals surface area contributed by atoms with Crippen LogP contribution in [0.1, 0.15) is 30.1 Å². The molecular formula is C15H15BrN4. The Kier molecular flexibility index (Phi) is 3.75. The Morgan fingerprint density at radius 2 is 2.35 bits per heavy atom. The summed E-state index contributed by atoms with van der Waals surface area (Å²) in [6.07, 6.45) is 6.01. The van der Waals surface area contributed by atoms with Gasteiger partial charge in [0.2, 0.25) is 0 Å². The van der Waals surface area contributed by atoms with E-state index in [1.807, 2.05) is 30.6 Å². The van der Waals surface area contributed by atoms with Gasteiger partial charge in [0.05, 0.1) is 17.3 Å². The van der Waals surface area contributed by atoms with Crippen molar-refractivity contribution in [2.45, 2.75) is 18.8 Å². The lowest BCUT2D eigenvalue weighted by Crippen LogP contribution is -2.35. The standard InChI is InChI=1S/C15H15BrN4/c16-13-8-11(9-17)3-4-14(13)20-7-1-2-12(10-20)15-18-5-6-19-15/h3-6,8,12H,1-2,7,10H2,(H,18,19). The Balaban J connectivity index is 1.82. The summed E-state index contributed by atoms with van der Waals surface area (Å²) in [6, 6.07) is 7.94. The normalized spacial score (nSPS) is 18.8. The number of benzene rings is 1. The number of aromatic nitrogens is 2. The number of halogens is 1. The van der Waals surface area contributed by atoms with Gasteiger partial charge in [0.1, 0.15) is 5.82 Å². The molecule has 2 heterocycles. The fourth-order valence-electron chi connectivity index (χ4n) is 2.75. The van der Waals surface area contributed by atoms with Crippen LogP contribution in [-0.2, 0) is 0 Å². The second-order valence-electron chi connectivity index (χ2n) is 5.04. The number of nitriles is 1. The van der Waals surface area contributed by atoms with E-state index in [1.54, 1.807) is 0 Å². The van der Waals surface area contributed by atoms with Gasteiger partial charge in [-0.1, -0.05) is 0 Å². The molecule has 0 bridgehead atoms. The van der Waals surface area contributed by atoms with Crippen LogP contribution in [0.3, 0.4) is 0 Å². The maximum Gasteiger partial charge on any atom is 0.110 e. The lowest BCUT2D eigenvalue weighted by atomic mass is 9.97. The van der Waals surface area contributed by atoms with Crippen molar-refractivity contribution in [3.63, 3.8) is 0 Å². The van der Waals surface area contributed by atoms with E-state index in [4.69, 9.17) is 5.26 Å². The quantitative estimate of drug-likeness (QED) is 0.917. The zero-order chi connectivity index (χ0) is 13.9. The van der Waals surface area contributed by atoms with Gasteiger partial charge >= 0.3 is 0 Å². The first-order valence-corrected chi connectivity index (χ1v) is 7.51. The Morgan fingerprint density at radius 1 is 1.45 bits per heavy atom. The molecule has 2 aromatic rings. The van der Waals surface area contributed by atoms with Gasteiger partial charge in [0.25, 0.3) is 0 Å². The number of nitrogens with one attached hydrogen (secondary N) is 1. The number of hydrogen-bond acceptors (Lipinski definition) is 3. The van der Waals surface area contributed by atoms with Gasteiger partial charge in [0.15, 0.2) is 0 Å². The van der Waals surface area contributed by atoms with E-state index in [2.05, 4.69) is 36.9 Å². The number of imidazole rings is 1. The zero-order valence-electron chi connectivity index (χ0n) is 11.0. The van der Waals surface area contributed by atoms with E-state index in [0.29, 0.717) is 11.5 Å². The van der Waals surface area contributed by atoms with Gasteiger partial charge in [0, 0.05) is 35.9 Å². The first kappa shape index (κ1) is 13.2. The summed E-state index contributed by atoms with van der Waals surface area (Å²) in [6.45, 7) is 2.00. The molecule has 3 rings (SSSR count). The highest BCUT2D eigenvalue weighted by Gasteiger charge is 2.24. The second-order valence-corrected chi connectivity index (χ2v) is 5.89. The summed E-state index contributed by atoms with van der Waals surface area (Å²) in [4.78, 5) is 9.96. The molecule has 0 aliphatic carbocycles. The number of H-pyrrole nitrogens is 1. The molecular weight excluding hydrogens is 316 g/mol. The summed E-state index contributed by atoms with van der Waals surface area (Å²) in [5, 5.41) is 8.93. The third-order valence-electron chi connectivity index (χ3n) is 3.74. The summed E-state index contributed by atoms with van der Waals surface area (Å²) in [5.41, 5.74) is 1.83. The highest BCUT2D eigenvalue weighted by atomic mass is 79.9. The third kappa shape index (κ3) is 2.56. The van der Waals surface area contributed by atoms with Crippen molar-refractivity contribution in [2.75, 3.05) is 18.0 Å². The van der Waals surface area contributed by atoms with Gasteiger partial charge in [-0.05, 0) is 47.0 Å². The average molecular weight is 331 g/mol. The van der Waals surface area contributed by atoms with E-state index < -0.39 is 0 Å². The van der Waals surface area contributed by atoms with E-state index in [-0.39, 0.29) is 0 Å². The van der Waals surface area contributed by atoms with Crippen molar-refractivity contribution >= 4 is 21.6 Å². The van der Waals surface area contributed by atoms with Crippen LogP contribution in [0.15, 0.2) is 35.1 Å². The number of rotatable bonds is 2. The molecule has 1 aromatic carbocycles. The zero-order valence-corrected chi connectivity index (χ0v) is 12.6. The van der Waals surface area contributed by atoms with Gasteiger partial charge < -0.3 is 9.88 Å². The highest BCUT2D eigenvalue weighted by Crippen LogP contribution is 2.33. The molecule has 1 aliphatic heterocycles. The maximum atomic E-state index is 8.93. The van der Waals surface area contributed by atoms with E-state index in [9.17, 15) is 0 Å². The van der Waals surface area contributed by atoms with Gasteiger partial charge in [-0.15, -0.1) is 0 Å². The molecule has 1 aromatic heterocycles. The van der Waals surface area contributed by atoms with Crippen LogP contribution in [0.25, 0.3) is 0 Å². The third-order valence-corrected chi connectivity index (χ3v) is 4.38. The molecule has 1 aliphatic rings. The van der Waals surface area contributed by atoms with Crippen LogP contribution >= 0.6 is 15.9 Å². The molecule has 0 spiro atoms. The number of piperidine rings is 1. The fourth-order valence-corrected chi connectivity index (χ4v) is 3.38. The Labute approximate surface area is 126 Å². The van der Waals surface area contributed by atoms with Gasteiger partial charge in [-0.25, -0.2) is 4.98 Å². The molecule has 0 radical (unpaired) electrons. The van der Waals surface area contributed by atoms with Crippen molar-refractivity contribution < 1.29 is 0 Å². The second kappa shape index (κ2) is 5.68. The van der Waals surface area contributed by atoms with Crippen molar-refractivity contribution in [1.29, 1.82) is 5.26 Å². The van der Waals surface area contributed by atoms with E-state index in [1.165, 1.54) is 0 Å². The van der Waals surface area contributed by atoms with Crippen molar-refractivity contribution in [1.82, 2.24) is 9.97 Å². The first-order valence-electron chi connectivity index (χ1n) is 6.72. The molecule has 1 atom stereocenters. The van der Waals surface area contributed by atoms with Crippen molar-refractivity contribution in [2.24, 2.45) is 0 Å². The minimum absolute atomic E-state index is 0.446. The molecule has 1 saturated heterocycles. The number of anilines is 1. The minimum Gasteiger partial charge on any atom is -0.370 e. The monoisotopic (exact) mass is 330 g/mol. The SMILES string of the molecule is N#Cc1ccc(N2CCCC(c3ncc[nH]3)C2)c(Br)c1. The predicted molar refractivity (Wildman–Crippen MR) is 81.6 cm³/mol. The van der Waals surface area contributed by atoms with Crippen LogP contribution in [0.2, 0.25) is 0 Å². The van der Waals surface area contributed by atoms with Crippen molar-refractivity contribution in [3.05, 3.63) is 46.5 Å². The molecule has 0 saturated carbocycles. The smallest absolute Gasteiger partial charge is 0.110 e. The van der Waals surface area contributed by atoms with E-state index in [0.717, 1.165) is 41.9 Å². The molecule has 20 heavy (non-hydrogen) atoms. The number of aromatic amines is 1. The summed E-state index contributed by atoms with van der Waals surface area (Å²) < 4.78 is 0.983. The number of nitrogens with zero attached hydrogens (tertiary/aromatic N) is 3. The fraction of sp³-hybridized carbons (Fsp3) is 0.333. The molecule has 1 unspecified atom stereocenters. The molecule has 5 heteroatoms. The molecule has 0 amide bonds. The maximum absolute atomic E-state index is 8.93. The minimum atomic E-state index is 0.446. The van der Waals surface area contributed by atoms with Crippen LogP contribution in [0, 0.1) is 11.3 Å². The largest absolute Gasteiger partial charge is 0.370 e. The van der Waals surface area contributed by atoms with Gasteiger partial charge in [-0.3, -0.25) is 0 Å². The number of hydrogen-bond donors (Lipinski definition) is 1. The average Bonchev–Trinajstić information content (AvgIpc) is 3.01. The molecule has 4 nitrogen and oxygen atoms in total.